The molecule has 9 heteroatoms. The minimum Gasteiger partial charge on any atom is -0.497 e. The Hall–Kier alpha value is -2.91. The molecule has 0 radical (unpaired) electrons. The number of sulfonamides is 1. The second-order valence-corrected chi connectivity index (χ2v) is 9.71. The Bertz CT molecular complexity index is 1100. The minimum absolute atomic E-state index is 0.00700. The topological polar surface area (TPSA) is 105 Å². The molecule has 1 aliphatic heterocycles. The Morgan fingerprint density at radius 2 is 1.81 bits per heavy atom. The lowest BCUT2D eigenvalue weighted by atomic mass is 10.0. The van der Waals surface area contributed by atoms with E-state index in [1.54, 1.807) is 69.2 Å². The highest BCUT2D eigenvalue weighted by molar-refractivity contribution is 7.89. The number of anilines is 2. The van der Waals surface area contributed by atoms with Crippen molar-refractivity contribution in [3.8, 4) is 5.75 Å². The molecule has 0 fully saturated rings. The van der Waals surface area contributed by atoms with Crippen molar-refractivity contribution in [2.45, 2.75) is 44.6 Å². The second-order valence-electron chi connectivity index (χ2n) is 8.00. The molecule has 1 heterocycles. The number of hydrogen-bond donors (Lipinski definition) is 2. The highest BCUT2D eigenvalue weighted by Crippen LogP contribution is 2.31. The van der Waals surface area contributed by atoms with Gasteiger partial charge in [-0.2, -0.15) is 4.72 Å². The minimum atomic E-state index is -3.95. The van der Waals surface area contributed by atoms with E-state index in [4.69, 9.17) is 4.74 Å². The van der Waals surface area contributed by atoms with Gasteiger partial charge >= 0.3 is 0 Å². The molecule has 8 nitrogen and oxygen atoms in total. The summed E-state index contributed by atoms with van der Waals surface area (Å²) in [6.07, 6.45) is 0.983. The van der Waals surface area contributed by atoms with Crippen LogP contribution >= 0.6 is 0 Å². The molecule has 0 unspecified atom stereocenters. The van der Waals surface area contributed by atoms with Crippen LogP contribution in [0.4, 0.5) is 11.4 Å². The van der Waals surface area contributed by atoms with Crippen LogP contribution < -0.4 is 19.7 Å². The second kappa shape index (κ2) is 9.70. The van der Waals surface area contributed by atoms with Crippen molar-refractivity contribution in [2.24, 2.45) is 5.92 Å². The molecule has 1 aliphatic rings. The average Bonchev–Trinajstić information content (AvgIpc) is 3.20. The largest absolute Gasteiger partial charge is 0.497 e. The van der Waals surface area contributed by atoms with Gasteiger partial charge in [0.15, 0.2) is 0 Å². The molecule has 0 aromatic heterocycles. The van der Waals surface area contributed by atoms with E-state index >= 15 is 0 Å². The predicted octanol–water partition coefficient (Wildman–Crippen LogP) is 2.94. The van der Waals surface area contributed by atoms with Crippen molar-refractivity contribution in [2.75, 3.05) is 23.9 Å². The molecular weight excluding hydrogens is 430 g/mol. The monoisotopic (exact) mass is 459 g/mol. The first-order chi connectivity index (χ1) is 15.2. The zero-order chi connectivity index (χ0) is 23.5. The van der Waals surface area contributed by atoms with Gasteiger partial charge in [-0.05, 0) is 60.4 Å². The number of fused-ring (bicyclic) bond motifs is 1. The molecule has 2 aromatic rings. The molecule has 2 amide bonds. The van der Waals surface area contributed by atoms with Gasteiger partial charge in [0.25, 0.3) is 0 Å². The highest BCUT2D eigenvalue weighted by atomic mass is 32.2. The Kier molecular flexibility index (Phi) is 7.20. The van der Waals surface area contributed by atoms with E-state index in [1.807, 2.05) is 0 Å². The van der Waals surface area contributed by atoms with Crippen LogP contribution in [0.2, 0.25) is 0 Å². The summed E-state index contributed by atoms with van der Waals surface area (Å²) in [5.74, 6) is -0.0720. The number of amides is 2. The van der Waals surface area contributed by atoms with Gasteiger partial charge in [0, 0.05) is 24.3 Å². The van der Waals surface area contributed by atoms with E-state index in [9.17, 15) is 18.0 Å². The van der Waals surface area contributed by atoms with Gasteiger partial charge in [-0.25, -0.2) is 8.42 Å². The lowest BCUT2D eigenvalue weighted by Crippen LogP contribution is -2.47. The summed E-state index contributed by atoms with van der Waals surface area (Å²) in [4.78, 5) is 26.7. The van der Waals surface area contributed by atoms with E-state index in [2.05, 4.69) is 10.0 Å². The molecular formula is C23H29N3O5S. The number of methoxy groups -OCH3 is 1. The smallest absolute Gasteiger partial charge is 0.242 e. The Balaban J connectivity index is 1.78. The number of nitrogens with zero attached hydrogens (tertiary/aromatic N) is 1. The molecule has 2 aromatic carbocycles. The maximum absolute atomic E-state index is 13.1. The van der Waals surface area contributed by atoms with Crippen LogP contribution in [0, 0.1) is 5.92 Å². The van der Waals surface area contributed by atoms with E-state index in [-0.39, 0.29) is 16.7 Å². The van der Waals surface area contributed by atoms with Gasteiger partial charge in [-0.3, -0.25) is 9.59 Å². The molecule has 32 heavy (non-hydrogen) atoms. The van der Waals surface area contributed by atoms with Gasteiger partial charge < -0.3 is 15.0 Å². The Labute approximate surface area is 189 Å². The summed E-state index contributed by atoms with van der Waals surface area (Å²) < 4.78 is 33.8. The number of nitrogens with one attached hydrogen (secondary N) is 2. The Morgan fingerprint density at radius 3 is 2.41 bits per heavy atom. The van der Waals surface area contributed by atoms with Crippen LogP contribution in [0.15, 0.2) is 47.4 Å². The van der Waals surface area contributed by atoms with Gasteiger partial charge in [0.1, 0.15) is 11.8 Å². The van der Waals surface area contributed by atoms with E-state index in [0.29, 0.717) is 30.8 Å². The van der Waals surface area contributed by atoms with E-state index in [0.717, 1.165) is 11.3 Å². The summed E-state index contributed by atoms with van der Waals surface area (Å²) in [5.41, 5.74) is 2.09. The molecule has 2 N–H and O–H groups in total. The number of rotatable bonds is 8. The zero-order valence-electron chi connectivity index (χ0n) is 18.7. The van der Waals surface area contributed by atoms with Crippen LogP contribution in [0.1, 0.15) is 32.8 Å². The fraction of sp³-hybridized carbons (Fsp3) is 0.391. The fourth-order valence-electron chi connectivity index (χ4n) is 3.62. The summed E-state index contributed by atoms with van der Waals surface area (Å²) in [6.45, 7) is 5.89. The normalized spacial score (nSPS) is 14.2. The summed E-state index contributed by atoms with van der Waals surface area (Å²) >= 11 is 0. The highest BCUT2D eigenvalue weighted by Gasteiger charge is 2.30. The van der Waals surface area contributed by atoms with Gasteiger partial charge in [-0.15, -0.1) is 0 Å². The van der Waals surface area contributed by atoms with Crippen LogP contribution in [0.3, 0.4) is 0 Å². The molecule has 172 valence electrons. The van der Waals surface area contributed by atoms with Crippen molar-refractivity contribution < 1.29 is 22.7 Å². The molecule has 0 saturated carbocycles. The summed E-state index contributed by atoms with van der Waals surface area (Å²) in [7, 11) is -2.40. The molecule has 0 spiro atoms. The molecule has 1 atom stereocenters. The molecule has 0 aliphatic carbocycles. The molecule has 3 rings (SSSR count). The van der Waals surface area contributed by atoms with Gasteiger partial charge in [0.05, 0.1) is 12.0 Å². The van der Waals surface area contributed by atoms with Crippen LogP contribution in [0.5, 0.6) is 5.75 Å². The van der Waals surface area contributed by atoms with Crippen molar-refractivity contribution in [3.63, 3.8) is 0 Å². The number of hydrogen-bond acceptors (Lipinski definition) is 5. The van der Waals surface area contributed by atoms with Gasteiger partial charge in [0.2, 0.25) is 21.8 Å². The average molecular weight is 460 g/mol. The third-order valence-corrected chi connectivity index (χ3v) is 6.89. The van der Waals surface area contributed by atoms with Crippen LogP contribution in [-0.4, -0.2) is 39.9 Å². The Morgan fingerprint density at radius 1 is 1.12 bits per heavy atom. The zero-order valence-corrected chi connectivity index (χ0v) is 19.5. The van der Waals surface area contributed by atoms with Crippen molar-refractivity contribution >= 4 is 33.2 Å². The van der Waals surface area contributed by atoms with Crippen molar-refractivity contribution in [1.82, 2.24) is 4.72 Å². The maximum Gasteiger partial charge on any atom is 0.242 e. The van der Waals surface area contributed by atoms with Gasteiger partial charge in [-0.1, -0.05) is 20.8 Å². The maximum atomic E-state index is 13.1. The molecule has 0 bridgehead atoms. The quantitative estimate of drug-likeness (QED) is 0.632. The van der Waals surface area contributed by atoms with Crippen LogP contribution in [-0.2, 0) is 26.0 Å². The van der Waals surface area contributed by atoms with E-state index in [1.165, 1.54) is 6.07 Å². The first kappa shape index (κ1) is 23.7. The number of carbonyl (C=O) groups is 2. The number of carbonyl (C=O) groups excluding carboxylic acids is 2. The predicted molar refractivity (Wildman–Crippen MR) is 123 cm³/mol. The number of ether oxygens (including phenoxy) is 1. The first-order valence-electron chi connectivity index (χ1n) is 10.6. The third kappa shape index (κ3) is 5.11. The SMILES string of the molecule is CCC(=O)N1CCc2cc(S(=O)(=O)N[C@H](C(=O)Nc3ccc(OC)cc3)C(C)C)ccc21. The lowest BCUT2D eigenvalue weighted by molar-refractivity contribution is -0.119. The summed E-state index contributed by atoms with van der Waals surface area (Å²) in [5, 5.41) is 2.75. The molecule has 0 saturated heterocycles. The lowest BCUT2D eigenvalue weighted by Gasteiger charge is -2.22. The third-order valence-electron chi connectivity index (χ3n) is 5.45. The summed E-state index contributed by atoms with van der Waals surface area (Å²) in [6, 6.07) is 10.5. The van der Waals surface area contributed by atoms with Crippen molar-refractivity contribution in [3.05, 3.63) is 48.0 Å². The van der Waals surface area contributed by atoms with Crippen molar-refractivity contribution in [1.29, 1.82) is 0 Å². The first-order valence-corrected chi connectivity index (χ1v) is 12.0. The number of benzene rings is 2. The van der Waals surface area contributed by atoms with E-state index < -0.39 is 22.0 Å². The van der Waals surface area contributed by atoms with Crippen LogP contribution in [0.25, 0.3) is 0 Å². The standard InChI is InChI=1S/C23H29N3O5S/c1-5-21(27)26-13-12-16-14-19(10-11-20(16)26)32(29,30)25-22(15(2)3)23(28)24-17-6-8-18(31-4)9-7-17/h6-11,14-15,22,25H,5,12-13H2,1-4H3,(H,24,28)/t22-/m0/s1. The fourth-order valence-corrected chi connectivity index (χ4v) is 5.01.